The van der Waals surface area contributed by atoms with Crippen molar-refractivity contribution >= 4 is 22.8 Å². The molecular formula is C25H28N6O. The number of benzene rings is 2. The first-order valence-electron chi connectivity index (χ1n) is 11.0. The summed E-state index contributed by atoms with van der Waals surface area (Å²) in [5.41, 5.74) is 3.51. The van der Waals surface area contributed by atoms with E-state index >= 15 is 0 Å². The van der Waals surface area contributed by atoms with E-state index in [1.54, 1.807) is 6.20 Å². The molecule has 2 heterocycles. The Bertz CT molecular complexity index is 1200. The summed E-state index contributed by atoms with van der Waals surface area (Å²) in [5, 5.41) is 11.7. The maximum Gasteiger partial charge on any atom is 0.251 e. The quantitative estimate of drug-likeness (QED) is 0.404. The third-order valence-electron chi connectivity index (χ3n) is 5.52. The Morgan fingerprint density at radius 2 is 1.78 bits per heavy atom. The predicted molar refractivity (Wildman–Crippen MR) is 127 cm³/mol. The van der Waals surface area contributed by atoms with E-state index < -0.39 is 0 Å². The number of carbonyl (C=O) groups is 1. The molecule has 2 N–H and O–H groups in total. The number of amides is 1. The van der Waals surface area contributed by atoms with Crippen LogP contribution in [0.4, 0.5) is 5.82 Å². The molecule has 0 radical (unpaired) electrons. The number of carbonyl (C=O) groups excluding carboxylic acids is 1. The van der Waals surface area contributed by atoms with Crippen LogP contribution in [0.2, 0.25) is 0 Å². The van der Waals surface area contributed by atoms with Gasteiger partial charge in [0.25, 0.3) is 5.91 Å². The maximum atomic E-state index is 12.3. The summed E-state index contributed by atoms with van der Waals surface area (Å²) in [4.78, 5) is 21.9. The van der Waals surface area contributed by atoms with Crippen molar-refractivity contribution in [2.45, 2.75) is 33.1 Å². The third kappa shape index (κ3) is 4.61. The number of para-hydroxylation sites is 1. The molecule has 0 saturated heterocycles. The molecule has 7 heteroatoms. The normalized spacial score (nSPS) is 12.0. The SMILES string of the molecule is CC[C@@H](C)c1nc(NCCNC(=O)c2ccc(C)cc2)c2cnn(-c3ccccc3)c2n1. The first-order valence-corrected chi connectivity index (χ1v) is 11.0. The summed E-state index contributed by atoms with van der Waals surface area (Å²) in [6.45, 7) is 7.27. The standard InChI is InChI=1S/C25H28N6O/c1-4-18(3)22-29-23(26-14-15-27-25(32)19-12-10-17(2)11-13-19)21-16-28-31(24(21)30-22)20-8-6-5-7-9-20/h5-13,16,18H,4,14-15H2,1-3H3,(H,27,32)(H,26,29,30)/t18-/m1/s1. The average molecular weight is 429 g/mol. The lowest BCUT2D eigenvalue weighted by molar-refractivity contribution is 0.0955. The predicted octanol–water partition coefficient (Wildman–Crippen LogP) is 4.48. The molecule has 1 atom stereocenters. The van der Waals surface area contributed by atoms with Crippen LogP contribution in [0.3, 0.4) is 0 Å². The molecule has 1 amide bonds. The summed E-state index contributed by atoms with van der Waals surface area (Å²) in [5.74, 6) is 1.65. The fourth-order valence-electron chi connectivity index (χ4n) is 3.38. The molecule has 0 fully saturated rings. The molecule has 0 bridgehead atoms. The van der Waals surface area contributed by atoms with Crippen LogP contribution in [-0.2, 0) is 0 Å². The van der Waals surface area contributed by atoms with Crippen LogP contribution in [0.15, 0.2) is 60.8 Å². The van der Waals surface area contributed by atoms with Gasteiger partial charge in [-0.1, -0.05) is 49.7 Å². The zero-order valence-electron chi connectivity index (χ0n) is 18.7. The van der Waals surface area contributed by atoms with Gasteiger partial charge in [0.15, 0.2) is 5.65 Å². The van der Waals surface area contributed by atoms with Gasteiger partial charge in [-0.25, -0.2) is 14.6 Å². The zero-order valence-corrected chi connectivity index (χ0v) is 18.7. The van der Waals surface area contributed by atoms with Crippen molar-refractivity contribution in [1.82, 2.24) is 25.1 Å². The first kappa shape index (κ1) is 21.5. The van der Waals surface area contributed by atoms with Crippen LogP contribution >= 0.6 is 0 Å². The van der Waals surface area contributed by atoms with Crippen molar-refractivity contribution in [1.29, 1.82) is 0 Å². The largest absolute Gasteiger partial charge is 0.368 e. The van der Waals surface area contributed by atoms with Crippen molar-refractivity contribution in [3.05, 3.63) is 77.7 Å². The number of hydrogen-bond acceptors (Lipinski definition) is 5. The second kappa shape index (κ2) is 9.60. The molecule has 4 rings (SSSR count). The van der Waals surface area contributed by atoms with Gasteiger partial charge in [-0.3, -0.25) is 4.79 Å². The van der Waals surface area contributed by atoms with E-state index in [-0.39, 0.29) is 11.8 Å². The van der Waals surface area contributed by atoms with Crippen molar-refractivity contribution in [2.75, 3.05) is 18.4 Å². The van der Waals surface area contributed by atoms with Crippen LogP contribution in [0.25, 0.3) is 16.7 Å². The smallest absolute Gasteiger partial charge is 0.251 e. The summed E-state index contributed by atoms with van der Waals surface area (Å²) in [7, 11) is 0. The molecule has 164 valence electrons. The molecular weight excluding hydrogens is 400 g/mol. The van der Waals surface area contributed by atoms with Crippen LogP contribution in [0.1, 0.15) is 47.9 Å². The number of nitrogens with one attached hydrogen (secondary N) is 2. The molecule has 0 aliphatic heterocycles. The number of aryl methyl sites for hydroxylation is 1. The summed E-state index contributed by atoms with van der Waals surface area (Å²) < 4.78 is 1.84. The average Bonchev–Trinajstić information content (AvgIpc) is 3.26. The molecule has 32 heavy (non-hydrogen) atoms. The molecule has 0 saturated carbocycles. The highest BCUT2D eigenvalue weighted by molar-refractivity contribution is 5.94. The molecule has 0 spiro atoms. The maximum absolute atomic E-state index is 12.3. The minimum absolute atomic E-state index is 0.0863. The van der Waals surface area contributed by atoms with Gasteiger partial charge in [-0.15, -0.1) is 0 Å². The molecule has 2 aromatic heterocycles. The van der Waals surface area contributed by atoms with E-state index in [4.69, 9.17) is 9.97 Å². The Morgan fingerprint density at radius 3 is 2.50 bits per heavy atom. The van der Waals surface area contributed by atoms with E-state index in [0.29, 0.717) is 18.7 Å². The number of aromatic nitrogens is 4. The van der Waals surface area contributed by atoms with Crippen LogP contribution in [0, 0.1) is 6.92 Å². The summed E-state index contributed by atoms with van der Waals surface area (Å²) in [6, 6.07) is 17.5. The number of hydrogen-bond donors (Lipinski definition) is 2. The lowest BCUT2D eigenvalue weighted by atomic mass is 10.1. The monoisotopic (exact) mass is 428 g/mol. The Labute approximate surface area is 187 Å². The fraction of sp³-hybridized carbons (Fsp3) is 0.280. The highest BCUT2D eigenvalue weighted by atomic mass is 16.1. The van der Waals surface area contributed by atoms with Gasteiger partial charge in [-0.05, 0) is 37.6 Å². The van der Waals surface area contributed by atoms with Crippen molar-refractivity contribution in [3.8, 4) is 5.69 Å². The van der Waals surface area contributed by atoms with Gasteiger partial charge in [0.2, 0.25) is 0 Å². The van der Waals surface area contributed by atoms with E-state index in [1.165, 1.54) is 0 Å². The Morgan fingerprint density at radius 1 is 1.03 bits per heavy atom. The summed E-state index contributed by atoms with van der Waals surface area (Å²) in [6.07, 6.45) is 2.73. The van der Waals surface area contributed by atoms with E-state index in [2.05, 4.69) is 29.6 Å². The van der Waals surface area contributed by atoms with E-state index in [1.807, 2.05) is 66.2 Å². The van der Waals surface area contributed by atoms with Gasteiger partial charge in [0.1, 0.15) is 11.6 Å². The van der Waals surface area contributed by atoms with Crippen molar-refractivity contribution < 1.29 is 4.79 Å². The molecule has 4 aromatic rings. The van der Waals surface area contributed by atoms with Gasteiger partial charge < -0.3 is 10.6 Å². The third-order valence-corrected chi connectivity index (χ3v) is 5.52. The lowest BCUT2D eigenvalue weighted by Gasteiger charge is -2.13. The fourth-order valence-corrected chi connectivity index (χ4v) is 3.38. The number of nitrogens with zero attached hydrogens (tertiary/aromatic N) is 4. The van der Waals surface area contributed by atoms with Crippen LogP contribution in [-0.4, -0.2) is 38.7 Å². The molecule has 2 aromatic carbocycles. The number of rotatable bonds is 8. The van der Waals surface area contributed by atoms with E-state index in [0.717, 1.165) is 40.3 Å². The topological polar surface area (TPSA) is 84.7 Å². The van der Waals surface area contributed by atoms with Gasteiger partial charge in [0.05, 0.1) is 17.3 Å². The molecule has 0 aliphatic rings. The highest BCUT2D eigenvalue weighted by Crippen LogP contribution is 2.26. The van der Waals surface area contributed by atoms with Gasteiger partial charge >= 0.3 is 0 Å². The molecule has 0 unspecified atom stereocenters. The van der Waals surface area contributed by atoms with Crippen LogP contribution < -0.4 is 10.6 Å². The highest BCUT2D eigenvalue weighted by Gasteiger charge is 2.16. The Balaban J connectivity index is 1.53. The molecule has 0 aliphatic carbocycles. The van der Waals surface area contributed by atoms with E-state index in [9.17, 15) is 4.79 Å². The second-order valence-corrected chi connectivity index (χ2v) is 7.92. The van der Waals surface area contributed by atoms with Gasteiger partial charge in [0, 0.05) is 24.6 Å². The Kier molecular flexibility index (Phi) is 6.44. The molecule has 7 nitrogen and oxygen atoms in total. The number of anilines is 1. The van der Waals surface area contributed by atoms with Crippen molar-refractivity contribution in [2.24, 2.45) is 0 Å². The zero-order chi connectivity index (χ0) is 22.5. The van der Waals surface area contributed by atoms with Crippen LogP contribution in [0.5, 0.6) is 0 Å². The second-order valence-electron chi connectivity index (χ2n) is 7.92. The minimum atomic E-state index is -0.0863. The van der Waals surface area contributed by atoms with Crippen molar-refractivity contribution in [3.63, 3.8) is 0 Å². The number of fused-ring (bicyclic) bond motifs is 1. The lowest BCUT2D eigenvalue weighted by Crippen LogP contribution is -2.29. The van der Waals surface area contributed by atoms with Gasteiger partial charge in [-0.2, -0.15) is 5.10 Å². The summed E-state index contributed by atoms with van der Waals surface area (Å²) >= 11 is 0. The Hall–Kier alpha value is -3.74. The minimum Gasteiger partial charge on any atom is -0.368 e. The first-order chi connectivity index (χ1) is 15.6.